The SMILES string of the molecule is CCNC(=NCc1ccc(Oc2cccnc2)c(F)c1)NC1CCS(=O)(=O)C1. The highest BCUT2D eigenvalue weighted by atomic mass is 32.2. The molecule has 1 fully saturated rings. The second kappa shape index (κ2) is 9.01. The molecule has 1 atom stereocenters. The van der Waals surface area contributed by atoms with Crippen LogP contribution in [0.2, 0.25) is 0 Å². The largest absolute Gasteiger partial charge is 0.453 e. The lowest BCUT2D eigenvalue weighted by Crippen LogP contribution is -2.44. The lowest BCUT2D eigenvalue weighted by molar-refractivity contribution is 0.440. The number of aliphatic imine (C=N–C) groups is 1. The summed E-state index contributed by atoms with van der Waals surface area (Å²) in [5.74, 6) is 0.886. The van der Waals surface area contributed by atoms with E-state index in [4.69, 9.17) is 4.74 Å². The maximum atomic E-state index is 14.3. The van der Waals surface area contributed by atoms with Gasteiger partial charge in [-0.1, -0.05) is 6.07 Å². The van der Waals surface area contributed by atoms with Crippen LogP contribution in [0.5, 0.6) is 11.5 Å². The molecule has 0 radical (unpaired) electrons. The first-order valence-electron chi connectivity index (χ1n) is 9.07. The van der Waals surface area contributed by atoms with Crippen molar-refractivity contribution in [2.24, 2.45) is 4.99 Å². The fraction of sp³-hybridized carbons (Fsp3) is 0.368. The van der Waals surface area contributed by atoms with Crippen LogP contribution in [0.4, 0.5) is 4.39 Å². The summed E-state index contributed by atoms with van der Waals surface area (Å²) in [4.78, 5) is 8.36. The van der Waals surface area contributed by atoms with Crippen molar-refractivity contribution in [3.05, 3.63) is 54.1 Å². The minimum Gasteiger partial charge on any atom is -0.453 e. The number of hydrogen-bond donors (Lipinski definition) is 2. The molecule has 9 heteroatoms. The molecule has 2 N–H and O–H groups in total. The minimum absolute atomic E-state index is 0.104. The van der Waals surface area contributed by atoms with Gasteiger partial charge in [0.05, 0.1) is 24.2 Å². The van der Waals surface area contributed by atoms with Gasteiger partial charge in [-0.3, -0.25) is 4.98 Å². The highest BCUT2D eigenvalue weighted by molar-refractivity contribution is 7.91. The Morgan fingerprint density at radius 3 is 2.89 bits per heavy atom. The number of benzene rings is 1. The van der Waals surface area contributed by atoms with E-state index in [1.807, 2.05) is 6.92 Å². The fourth-order valence-electron chi connectivity index (χ4n) is 2.85. The van der Waals surface area contributed by atoms with E-state index in [9.17, 15) is 12.8 Å². The third kappa shape index (κ3) is 5.66. The number of hydrogen-bond acceptors (Lipinski definition) is 5. The summed E-state index contributed by atoms with van der Waals surface area (Å²) in [6, 6.07) is 7.91. The molecule has 2 heterocycles. The number of rotatable bonds is 6. The van der Waals surface area contributed by atoms with Crippen molar-refractivity contribution in [3.8, 4) is 11.5 Å². The van der Waals surface area contributed by atoms with Gasteiger partial charge in [0, 0.05) is 18.8 Å². The molecule has 2 aromatic rings. The summed E-state index contributed by atoms with van der Waals surface area (Å²) in [5.41, 5.74) is 0.673. The quantitative estimate of drug-likeness (QED) is 0.565. The Morgan fingerprint density at radius 2 is 2.25 bits per heavy atom. The first kappa shape index (κ1) is 20.1. The Labute approximate surface area is 164 Å². The molecule has 28 heavy (non-hydrogen) atoms. The zero-order valence-electron chi connectivity index (χ0n) is 15.6. The predicted molar refractivity (Wildman–Crippen MR) is 106 cm³/mol. The Kier molecular flexibility index (Phi) is 6.45. The zero-order valence-corrected chi connectivity index (χ0v) is 16.4. The molecule has 3 rings (SSSR count). The van der Waals surface area contributed by atoms with Crippen molar-refractivity contribution in [2.45, 2.75) is 25.9 Å². The van der Waals surface area contributed by atoms with Crippen LogP contribution in [-0.4, -0.2) is 43.5 Å². The molecule has 1 unspecified atom stereocenters. The molecule has 0 spiro atoms. The Morgan fingerprint density at radius 1 is 1.39 bits per heavy atom. The molecular formula is C19H23FN4O3S. The van der Waals surface area contributed by atoms with E-state index < -0.39 is 15.7 Å². The number of halogens is 1. The smallest absolute Gasteiger partial charge is 0.191 e. The molecule has 0 saturated carbocycles. The molecule has 0 aliphatic carbocycles. The van der Waals surface area contributed by atoms with Gasteiger partial charge in [0.1, 0.15) is 5.75 Å². The van der Waals surface area contributed by atoms with Gasteiger partial charge in [-0.25, -0.2) is 17.8 Å². The van der Waals surface area contributed by atoms with Crippen LogP contribution < -0.4 is 15.4 Å². The molecule has 0 bridgehead atoms. The van der Waals surface area contributed by atoms with Crippen molar-refractivity contribution >= 4 is 15.8 Å². The highest BCUT2D eigenvalue weighted by Crippen LogP contribution is 2.24. The van der Waals surface area contributed by atoms with Crippen molar-refractivity contribution in [3.63, 3.8) is 0 Å². The van der Waals surface area contributed by atoms with Gasteiger partial charge in [0.2, 0.25) is 0 Å². The summed E-state index contributed by atoms with van der Waals surface area (Å²) >= 11 is 0. The number of nitrogens with one attached hydrogen (secondary N) is 2. The molecule has 150 valence electrons. The normalized spacial score (nSPS) is 18.6. The van der Waals surface area contributed by atoms with E-state index in [0.717, 1.165) is 0 Å². The maximum absolute atomic E-state index is 14.3. The van der Waals surface area contributed by atoms with Gasteiger partial charge in [-0.05, 0) is 43.2 Å². The maximum Gasteiger partial charge on any atom is 0.191 e. The lowest BCUT2D eigenvalue weighted by Gasteiger charge is -2.16. The third-order valence-electron chi connectivity index (χ3n) is 4.20. The van der Waals surface area contributed by atoms with Gasteiger partial charge in [0.25, 0.3) is 0 Å². The number of aromatic nitrogens is 1. The second-order valence-corrected chi connectivity index (χ2v) is 8.72. The lowest BCUT2D eigenvalue weighted by atomic mass is 10.2. The van der Waals surface area contributed by atoms with Gasteiger partial charge in [0.15, 0.2) is 27.4 Å². The zero-order chi connectivity index (χ0) is 20.0. The van der Waals surface area contributed by atoms with Crippen LogP contribution in [0.25, 0.3) is 0 Å². The number of pyridine rings is 1. The van der Waals surface area contributed by atoms with Crippen molar-refractivity contribution in [1.82, 2.24) is 15.6 Å². The van der Waals surface area contributed by atoms with E-state index >= 15 is 0 Å². The predicted octanol–water partition coefficient (Wildman–Crippen LogP) is 2.26. The summed E-state index contributed by atoms with van der Waals surface area (Å²) in [6.45, 7) is 2.81. The summed E-state index contributed by atoms with van der Waals surface area (Å²) in [7, 11) is -2.97. The monoisotopic (exact) mass is 406 g/mol. The standard InChI is InChI=1S/C19H23FN4O3S/c1-2-22-19(24-15-7-9-28(25,26)13-15)23-11-14-5-6-18(17(20)10-14)27-16-4-3-8-21-12-16/h3-6,8,10,12,15H,2,7,9,11,13H2,1H3,(H2,22,23,24). The summed E-state index contributed by atoms with van der Waals surface area (Å²) < 4.78 is 43.0. The molecular weight excluding hydrogens is 383 g/mol. The number of ether oxygens (including phenoxy) is 1. The molecule has 1 aromatic heterocycles. The molecule has 7 nitrogen and oxygen atoms in total. The first-order chi connectivity index (χ1) is 13.4. The van der Waals surface area contributed by atoms with Gasteiger partial charge in [-0.2, -0.15) is 0 Å². The Balaban J connectivity index is 1.64. The van der Waals surface area contributed by atoms with E-state index in [1.165, 1.54) is 12.3 Å². The van der Waals surface area contributed by atoms with Crippen LogP contribution in [0.1, 0.15) is 18.9 Å². The second-order valence-electron chi connectivity index (χ2n) is 6.50. The number of sulfone groups is 1. The average Bonchev–Trinajstić information content (AvgIpc) is 3.01. The van der Waals surface area contributed by atoms with Crippen molar-refractivity contribution in [1.29, 1.82) is 0 Å². The van der Waals surface area contributed by atoms with Crippen molar-refractivity contribution < 1.29 is 17.5 Å². The van der Waals surface area contributed by atoms with Crippen LogP contribution in [0.3, 0.4) is 0 Å². The molecule has 1 aliphatic rings. The molecule has 1 saturated heterocycles. The Hall–Kier alpha value is -2.68. The topological polar surface area (TPSA) is 92.7 Å². The highest BCUT2D eigenvalue weighted by Gasteiger charge is 2.28. The van der Waals surface area contributed by atoms with Gasteiger partial charge in [-0.15, -0.1) is 0 Å². The van der Waals surface area contributed by atoms with E-state index in [0.29, 0.717) is 30.2 Å². The van der Waals surface area contributed by atoms with E-state index in [2.05, 4.69) is 20.6 Å². The van der Waals surface area contributed by atoms with Gasteiger partial charge < -0.3 is 15.4 Å². The average molecular weight is 406 g/mol. The third-order valence-corrected chi connectivity index (χ3v) is 5.96. The van der Waals surface area contributed by atoms with Gasteiger partial charge >= 0.3 is 0 Å². The number of guanidine groups is 1. The molecule has 1 aliphatic heterocycles. The summed E-state index contributed by atoms with van der Waals surface area (Å²) in [5, 5.41) is 6.22. The molecule has 0 amide bonds. The van der Waals surface area contributed by atoms with Crippen LogP contribution in [0, 0.1) is 5.82 Å². The summed E-state index contributed by atoms with van der Waals surface area (Å²) in [6.07, 6.45) is 3.68. The first-order valence-corrected chi connectivity index (χ1v) is 10.9. The minimum atomic E-state index is -2.97. The van der Waals surface area contributed by atoms with Crippen LogP contribution in [0.15, 0.2) is 47.7 Å². The van der Waals surface area contributed by atoms with Crippen LogP contribution in [-0.2, 0) is 16.4 Å². The van der Waals surface area contributed by atoms with Crippen molar-refractivity contribution in [2.75, 3.05) is 18.1 Å². The van der Waals surface area contributed by atoms with Crippen LogP contribution >= 0.6 is 0 Å². The van der Waals surface area contributed by atoms with E-state index in [-0.39, 0.29) is 29.8 Å². The number of nitrogens with zero attached hydrogens (tertiary/aromatic N) is 2. The Bertz CT molecular complexity index is 935. The van der Waals surface area contributed by atoms with E-state index in [1.54, 1.807) is 30.5 Å². The fourth-order valence-corrected chi connectivity index (χ4v) is 4.53. The molecule has 1 aromatic carbocycles.